The Labute approximate surface area is 117 Å². The number of carbonyl (C=O) groups is 1. The zero-order valence-corrected chi connectivity index (χ0v) is 11.2. The minimum Gasteiger partial charge on any atom is -0.335 e. The lowest BCUT2D eigenvalue weighted by Gasteiger charge is -2.13. The molecule has 1 saturated carbocycles. The van der Waals surface area contributed by atoms with Crippen molar-refractivity contribution in [3.8, 4) is 11.3 Å². The molecule has 0 unspecified atom stereocenters. The van der Waals surface area contributed by atoms with Crippen LogP contribution in [0.3, 0.4) is 0 Å². The number of carbonyl (C=O) groups excluding carboxylic acids is 1. The van der Waals surface area contributed by atoms with Gasteiger partial charge in [0.05, 0.1) is 5.69 Å². The smallest absolute Gasteiger partial charge is 0.319 e. The number of nitrogens with one attached hydrogen (secondary N) is 3. The van der Waals surface area contributed by atoms with Crippen LogP contribution in [0.1, 0.15) is 25.7 Å². The van der Waals surface area contributed by atoms with Gasteiger partial charge < -0.3 is 10.6 Å². The molecule has 2 amide bonds. The quantitative estimate of drug-likeness (QED) is 0.802. The van der Waals surface area contributed by atoms with Crippen LogP contribution in [0.5, 0.6) is 0 Å². The van der Waals surface area contributed by atoms with E-state index in [0.717, 1.165) is 29.8 Å². The molecule has 0 radical (unpaired) electrons. The summed E-state index contributed by atoms with van der Waals surface area (Å²) in [6.45, 7) is 0. The molecule has 0 saturated heterocycles. The largest absolute Gasteiger partial charge is 0.335 e. The Morgan fingerprint density at radius 1 is 1.15 bits per heavy atom. The van der Waals surface area contributed by atoms with Gasteiger partial charge in [-0.05, 0) is 36.6 Å². The van der Waals surface area contributed by atoms with Gasteiger partial charge in [-0.2, -0.15) is 5.10 Å². The summed E-state index contributed by atoms with van der Waals surface area (Å²) in [7, 11) is 0. The fourth-order valence-electron chi connectivity index (χ4n) is 2.57. The van der Waals surface area contributed by atoms with E-state index in [9.17, 15) is 4.79 Å². The molecule has 0 aliphatic heterocycles. The third-order valence-electron chi connectivity index (χ3n) is 3.64. The van der Waals surface area contributed by atoms with Crippen LogP contribution in [0.2, 0.25) is 0 Å². The van der Waals surface area contributed by atoms with Gasteiger partial charge in [0.25, 0.3) is 0 Å². The predicted molar refractivity (Wildman–Crippen MR) is 78.4 cm³/mol. The van der Waals surface area contributed by atoms with Crippen molar-refractivity contribution in [3.63, 3.8) is 0 Å². The van der Waals surface area contributed by atoms with Crippen molar-refractivity contribution in [2.24, 2.45) is 0 Å². The number of amides is 2. The van der Waals surface area contributed by atoms with E-state index in [4.69, 9.17) is 0 Å². The predicted octanol–water partition coefficient (Wildman–Crippen LogP) is 3.14. The Hall–Kier alpha value is -2.30. The molecule has 1 heterocycles. The van der Waals surface area contributed by atoms with Gasteiger partial charge in [0, 0.05) is 17.9 Å². The highest BCUT2D eigenvalue weighted by atomic mass is 16.2. The number of nitrogens with zero attached hydrogens (tertiary/aromatic N) is 1. The molecule has 0 spiro atoms. The van der Waals surface area contributed by atoms with E-state index in [1.54, 1.807) is 6.20 Å². The van der Waals surface area contributed by atoms with Crippen molar-refractivity contribution in [1.29, 1.82) is 0 Å². The Morgan fingerprint density at radius 3 is 2.55 bits per heavy atom. The highest BCUT2D eigenvalue weighted by molar-refractivity contribution is 5.89. The van der Waals surface area contributed by atoms with Crippen molar-refractivity contribution in [2.75, 3.05) is 5.32 Å². The van der Waals surface area contributed by atoms with Gasteiger partial charge in [0.15, 0.2) is 0 Å². The normalized spacial score (nSPS) is 15.2. The average molecular weight is 270 g/mol. The lowest BCUT2D eigenvalue weighted by atomic mass is 10.1. The first-order valence-corrected chi connectivity index (χ1v) is 6.98. The fourth-order valence-corrected chi connectivity index (χ4v) is 2.57. The molecule has 1 aliphatic rings. The van der Waals surface area contributed by atoms with Crippen LogP contribution >= 0.6 is 0 Å². The number of H-pyrrole nitrogens is 1. The molecule has 1 aliphatic carbocycles. The number of hydrogen-bond acceptors (Lipinski definition) is 2. The van der Waals surface area contributed by atoms with Crippen LogP contribution < -0.4 is 10.6 Å². The maximum atomic E-state index is 11.8. The molecular formula is C15H18N4O. The van der Waals surface area contributed by atoms with E-state index in [1.807, 2.05) is 30.3 Å². The second-order valence-electron chi connectivity index (χ2n) is 5.13. The first-order valence-electron chi connectivity index (χ1n) is 6.98. The van der Waals surface area contributed by atoms with E-state index < -0.39 is 0 Å². The SMILES string of the molecule is O=C(Nc1ccc(-c2ccn[nH]2)cc1)NC1CCCC1. The minimum atomic E-state index is -0.119. The minimum absolute atomic E-state index is 0.119. The Morgan fingerprint density at radius 2 is 1.90 bits per heavy atom. The van der Waals surface area contributed by atoms with Gasteiger partial charge in [-0.3, -0.25) is 5.10 Å². The Kier molecular flexibility index (Phi) is 3.67. The van der Waals surface area contributed by atoms with E-state index >= 15 is 0 Å². The fraction of sp³-hybridized carbons (Fsp3) is 0.333. The van der Waals surface area contributed by atoms with Gasteiger partial charge in [0.1, 0.15) is 0 Å². The summed E-state index contributed by atoms with van der Waals surface area (Å²) in [5.41, 5.74) is 2.81. The zero-order valence-electron chi connectivity index (χ0n) is 11.2. The third-order valence-corrected chi connectivity index (χ3v) is 3.64. The topological polar surface area (TPSA) is 69.8 Å². The van der Waals surface area contributed by atoms with Crippen molar-refractivity contribution in [1.82, 2.24) is 15.5 Å². The van der Waals surface area contributed by atoms with Crippen molar-refractivity contribution in [2.45, 2.75) is 31.7 Å². The second-order valence-corrected chi connectivity index (χ2v) is 5.13. The molecule has 2 aromatic rings. The summed E-state index contributed by atoms with van der Waals surface area (Å²) >= 11 is 0. The van der Waals surface area contributed by atoms with Gasteiger partial charge in [-0.15, -0.1) is 0 Å². The molecule has 20 heavy (non-hydrogen) atoms. The van der Waals surface area contributed by atoms with Crippen molar-refractivity contribution in [3.05, 3.63) is 36.5 Å². The molecule has 5 nitrogen and oxygen atoms in total. The summed E-state index contributed by atoms with van der Waals surface area (Å²) in [4.78, 5) is 11.8. The lowest BCUT2D eigenvalue weighted by Crippen LogP contribution is -2.36. The van der Waals surface area contributed by atoms with Crippen LogP contribution in [0.15, 0.2) is 36.5 Å². The van der Waals surface area contributed by atoms with Gasteiger partial charge >= 0.3 is 6.03 Å². The van der Waals surface area contributed by atoms with Crippen molar-refractivity contribution >= 4 is 11.7 Å². The third kappa shape index (κ3) is 2.99. The van der Waals surface area contributed by atoms with E-state index in [1.165, 1.54) is 12.8 Å². The van der Waals surface area contributed by atoms with Crippen LogP contribution in [0.4, 0.5) is 10.5 Å². The standard InChI is InChI=1S/C15H18N4O/c20-15(17-12-3-1-2-4-12)18-13-7-5-11(6-8-13)14-9-10-16-19-14/h5-10,12H,1-4H2,(H,16,19)(H2,17,18,20). The Bertz CT molecular complexity index is 556. The number of urea groups is 1. The zero-order chi connectivity index (χ0) is 13.8. The molecular weight excluding hydrogens is 252 g/mol. The van der Waals surface area contributed by atoms with Crippen LogP contribution in [0.25, 0.3) is 11.3 Å². The summed E-state index contributed by atoms with van der Waals surface area (Å²) < 4.78 is 0. The molecule has 3 N–H and O–H groups in total. The van der Waals surface area contributed by atoms with E-state index in [2.05, 4.69) is 20.8 Å². The second kappa shape index (κ2) is 5.77. The first kappa shape index (κ1) is 12.7. The molecule has 1 aromatic carbocycles. The Balaban J connectivity index is 1.59. The van der Waals surface area contributed by atoms with Crippen LogP contribution in [-0.2, 0) is 0 Å². The molecule has 0 bridgehead atoms. The number of aromatic nitrogens is 2. The highest BCUT2D eigenvalue weighted by Crippen LogP contribution is 2.20. The number of benzene rings is 1. The molecule has 0 atom stereocenters. The summed E-state index contributed by atoms with van der Waals surface area (Å²) in [6.07, 6.45) is 6.32. The number of hydrogen-bond donors (Lipinski definition) is 3. The maximum absolute atomic E-state index is 11.8. The van der Waals surface area contributed by atoms with Gasteiger partial charge in [-0.1, -0.05) is 25.0 Å². The van der Waals surface area contributed by atoms with Gasteiger partial charge in [-0.25, -0.2) is 4.79 Å². The van der Waals surface area contributed by atoms with Crippen LogP contribution in [-0.4, -0.2) is 22.3 Å². The highest BCUT2D eigenvalue weighted by Gasteiger charge is 2.16. The first-order chi connectivity index (χ1) is 9.81. The molecule has 5 heteroatoms. The summed E-state index contributed by atoms with van der Waals surface area (Å²) in [5, 5.41) is 12.7. The van der Waals surface area contributed by atoms with Crippen molar-refractivity contribution < 1.29 is 4.79 Å². The van der Waals surface area contributed by atoms with E-state index in [-0.39, 0.29) is 6.03 Å². The molecule has 1 fully saturated rings. The summed E-state index contributed by atoms with van der Waals surface area (Å²) in [6, 6.07) is 9.83. The average Bonchev–Trinajstić information content (AvgIpc) is 3.12. The number of rotatable bonds is 3. The number of anilines is 1. The molecule has 1 aromatic heterocycles. The monoisotopic (exact) mass is 270 g/mol. The molecule has 3 rings (SSSR count). The van der Waals surface area contributed by atoms with Gasteiger partial charge in [0.2, 0.25) is 0 Å². The number of aromatic amines is 1. The lowest BCUT2D eigenvalue weighted by molar-refractivity contribution is 0.248. The summed E-state index contributed by atoms with van der Waals surface area (Å²) in [5.74, 6) is 0. The molecule has 104 valence electrons. The maximum Gasteiger partial charge on any atom is 0.319 e. The van der Waals surface area contributed by atoms with E-state index in [0.29, 0.717) is 6.04 Å². The van der Waals surface area contributed by atoms with Crippen LogP contribution in [0, 0.1) is 0 Å².